The van der Waals surface area contributed by atoms with Crippen LogP contribution >= 0.6 is 0 Å². The standard InChI is InChI=1S/C27H34F2N4O2/c1-15(17-9-6-10-21(24(17)28)27(2,3)29)30-26(35)20-14-33(16-7-5-8-16)23(34)11-22(20)31-25-18-12-32(4)13-19(18)25/h6,9-11,14-16,18-19,25,31H,5,7-8,12-13H2,1-4H3,(H,30,35)/t15-,18-,19+,25+/m1/s1. The number of alkyl halides is 1. The molecule has 4 atom stereocenters. The SMILES string of the molecule is C[C@@H](NC(=O)c1cn(C2CCC2)c(=O)cc1N[C@H]1[C@@H]2CN(C)C[C@@H]21)c1cccc(C(C)(C)F)c1F. The minimum Gasteiger partial charge on any atom is -0.381 e. The number of fused-ring (bicyclic) bond motifs is 1. The highest BCUT2D eigenvalue weighted by Gasteiger charge is 2.55. The lowest BCUT2D eigenvalue weighted by Gasteiger charge is -2.29. The van der Waals surface area contributed by atoms with Gasteiger partial charge in [-0.1, -0.05) is 18.2 Å². The van der Waals surface area contributed by atoms with Crippen molar-refractivity contribution >= 4 is 11.6 Å². The number of pyridine rings is 1. The lowest BCUT2D eigenvalue weighted by atomic mass is 9.92. The van der Waals surface area contributed by atoms with Crippen LogP contribution in [0.1, 0.15) is 73.6 Å². The molecule has 3 fully saturated rings. The summed E-state index contributed by atoms with van der Waals surface area (Å²) in [6.07, 6.45) is 4.55. The van der Waals surface area contributed by atoms with Crippen molar-refractivity contribution in [2.45, 2.75) is 63.8 Å². The van der Waals surface area contributed by atoms with Gasteiger partial charge in [0.1, 0.15) is 11.5 Å². The third-order valence-corrected chi connectivity index (χ3v) is 7.98. The predicted molar refractivity (Wildman–Crippen MR) is 132 cm³/mol. The number of amides is 1. The van der Waals surface area contributed by atoms with Crippen molar-refractivity contribution in [1.82, 2.24) is 14.8 Å². The van der Waals surface area contributed by atoms with Gasteiger partial charge in [0.05, 0.1) is 17.3 Å². The molecule has 35 heavy (non-hydrogen) atoms. The molecule has 188 valence electrons. The van der Waals surface area contributed by atoms with Crippen molar-refractivity contribution in [3.8, 4) is 0 Å². The van der Waals surface area contributed by atoms with Crippen LogP contribution in [-0.4, -0.2) is 41.6 Å². The molecule has 2 saturated carbocycles. The van der Waals surface area contributed by atoms with E-state index in [1.807, 2.05) is 0 Å². The minimum atomic E-state index is -1.84. The van der Waals surface area contributed by atoms with Gasteiger partial charge in [0.25, 0.3) is 11.5 Å². The van der Waals surface area contributed by atoms with Crippen molar-refractivity contribution in [2.75, 3.05) is 25.5 Å². The lowest BCUT2D eigenvalue weighted by Crippen LogP contribution is -2.34. The maximum absolute atomic E-state index is 15.1. The molecule has 2 N–H and O–H groups in total. The molecule has 6 nitrogen and oxygen atoms in total. The highest BCUT2D eigenvalue weighted by Crippen LogP contribution is 2.47. The summed E-state index contributed by atoms with van der Waals surface area (Å²) in [6, 6.07) is 5.79. The molecule has 0 bridgehead atoms. The van der Waals surface area contributed by atoms with Gasteiger partial charge in [-0.25, -0.2) is 8.78 Å². The summed E-state index contributed by atoms with van der Waals surface area (Å²) in [7, 11) is 2.10. The first-order valence-electron chi connectivity index (χ1n) is 12.5. The topological polar surface area (TPSA) is 66.4 Å². The zero-order valence-electron chi connectivity index (χ0n) is 20.8. The second-order valence-electron chi connectivity index (χ2n) is 11.0. The van der Waals surface area contributed by atoms with Gasteiger partial charge in [-0.2, -0.15) is 0 Å². The van der Waals surface area contributed by atoms with Crippen molar-refractivity contribution < 1.29 is 13.6 Å². The third-order valence-electron chi connectivity index (χ3n) is 7.98. The van der Waals surface area contributed by atoms with Crippen molar-refractivity contribution in [2.24, 2.45) is 11.8 Å². The number of nitrogens with one attached hydrogen (secondary N) is 2. The van der Waals surface area contributed by atoms with Gasteiger partial charge in [0, 0.05) is 48.6 Å². The maximum atomic E-state index is 15.1. The summed E-state index contributed by atoms with van der Waals surface area (Å²) in [5.41, 5.74) is -0.866. The summed E-state index contributed by atoms with van der Waals surface area (Å²) >= 11 is 0. The molecule has 0 unspecified atom stereocenters. The largest absolute Gasteiger partial charge is 0.381 e. The zero-order chi connectivity index (χ0) is 25.1. The molecule has 2 aromatic rings. The summed E-state index contributed by atoms with van der Waals surface area (Å²) in [5, 5.41) is 6.34. The number of rotatable bonds is 7. The van der Waals surface area contributed by atoms with Crippen LogP contribution in [-0.2, 0) is 5.67 Å². The van der Waals surface area contributed by atoms with E-state index in [-0.39, 0.29) is 34.7 Å². The van der Waals surface area contributed by atoms with Crippen LogP contribution in [0, 0.1) is 17.7 Å². The molecule has 2 heterocycles. The fraction of sp³-hybridized carbons (Fsp3) is 0.556. The zero-order valence-corrected chi connectivity index (χ0v) is 20.8. The smallest absolute Gasteiger partial charge is 0.255 e. The van der Waals surface area contributed by atoms with E-state index in [2.05, 4.69) is 22.6 Å². The fourth-order valence-electron chi connectivity index (χ4n) is 5.62. The second-order valence-corrected chi connectivity index (χ2v) is 11.0. The molecule has 0 radical (unpaired) electrons. The summed E-state index contributed by atoms with van der Waals surface area (Å²) in [5.74, 6) is -0.00426. The van der Waals surface area contributed by atoms with E-state index < -0.39 is 17.5 Å². The maximum Gasteiger partial charge on any atom is 0.255 e. The number of halogens is 2. The van der Waals surface area contributed by atoms with E-state index in [9.17, 15) is 14.0 Å². The average Bonchev–Trinajstić information content (AvgIpc) is 3.18. The fourth-order valence-corrected chi connectivity index (χ4v) is 5.62. The number of likely N-dealkylation sites (tertiary alicyclic amines) is 1. The number of hydrogen-bond acceptors (Lipinski definition) is 4. The second kappa shape index (κ2) is 8.73. The first-order chi connectivity index (χ1) is 16.5. The predicted octanol–water partition coefficient (Wildman–Crippen LogP) is 4.38. The Balaban J connectivity index is 1.42. The first kappa shape index (κ1) is 24.0. The molecular formula is C27H34F2N4O2. The van der Waals surface area contributed by atoms with Crippen LogP contribution in [0.4, 0.5) is 14.5 Å². The summed E-state index contributed by atoms with van der Waals surface area (Å²) in [6.45, 7) is 6.30. The Labute approximate surface area is 204 Å². The van der Waals surface area contributed by atoms with Crippen LogP contribution < -0.4 is 16.2 Å². The van der Waals surface area contributed by atoms with Crippen molar-refractivity contribution in [1.29, 1.82) is 0 Å². The quantitative estimate of drug-likeness (QED) is 0.612. The third kappa shape index (κ3) is 4.48. The molecular weight excluding hydrogens is 450 g/mol. The number of benzene rings is 1. The highest BCUT2D eigenvalue weighted by molar-refractivity contribution is 5.99. The molecule has 3 aliphatic rings. The molecule has 2 aliphatic carbocycles. The Morgan fingerprint density at radius 3 is 2.49 bits per heavy atom. The van der Waals surface area contributed by atoms with E-state index in [0.29, 0.717) is 23.1 Å². The van der Waals surface area contributed by atoms with E-state index in [1.54, 1.807) is 29.8 Å². The molecule has 1 aromatic carbocycles. The van der Waals surface area contributed by atoms with Gasteiger partial charge in [-0.05, 0) is 58.9 Å². The summed E-state index contributed by atoms with van der Waals surface area (Å²) < 4.78 is 31.3. The Kier molecular flexibility index (Phi) is 5.98. The van der Waals surface area contributed by atoms with Crippen LogP contribution in [0.2, 0.25) is 0 Å². The molecule has 0 spiro atoms. The molecule has 1 aliphatic heterocycles. The Bertz CT molecular complexity index is 1190. The molecule has 1 saturated heterocycles. The number of carbonyl (C=O) groups is 1. The Morgan fingerprint density at radius 2 is 1.89 bits per heavy atom. The van der Waals surface area contributed by atoms with E-state index in [1.165, 1.54) is 26.0 Å². The lowest BCUT2D eigenvalue weighted by molar-refractivity contribution is 0.0938. The number of nitrogens with zero attached hydrogens (tertiary/aromatic N) is 2. The molecule has 8 heteroatoms. The van der Waals surface area contributed by atoms with Crippen LogP contribution in [0.25, 0.3) is 0 Å². The van der Waals surface area contributed by atoms with Crippen LogP contribution in [0.3, 0.4) is 0 Å². The van der Waals surface area contributed by atoms with Gasteiger partial charge in [0.15, 0.2) is 0 Å². The van der Waals surface area contributed by atoms with Crippen molar-refractivity contribution in [3.63, 3.8) is 0 Å². The van der Waals surface area contributed by atoms with E-state index in [4.69, 9.17) is 0 Å². The van der Waals surface area contributed by atoms with E-state index >= 15 is 4.39 Å². The number of hydrogen-bond donors (Lipinski definition) is 2. The average molecular weight is 485 g/mol. The number of aromatic nitrogens is 1. The van der Waals surface area contributed by atoms with E-state index in [0.717, 1.165) is 32.4 Å². The van der Waals surface area contributed by atoms with Crippen LogP contribution in [0.5, 0.6) is 0 Å². The monoisotopic (exact) mass is 484 g/mol. The van der Waals surface area contributed by atoms with Gasteiger partial charge in [0.2, 0.25) is 0 Å². The minimum absolute atomic E-state index is 0.0396. The number of carbonyl (C=O) groups excluding carboxylic acids is 1. The Hall–Kier alpha value is -2.74. The van der Waals surface area contributed by atoms with Gasteiger partial charge >= 0.3 is 0 Å². The molecule has 5 rings (SSSR count). The highest BCUT2D eigenvalue weighted by atomic mass is 19.1. The first-order valence-corrected chi connectivity index (χ1v) is 12.5. The number of anilines is 1. The van der Waals surface area contributed by atoms with Crippen LogP contribution in [0.15, 0.2) is 35.3 Å². The summed E-state index contributed by atoms with van der Waals surface area (Å²) in [4.78, 5) is 28.6. The van der Waals surface area contributed by atoms with Gasteiger partial charge < -0.3 is 20.1 Å². The molecule has 1 amide bonds. The van der Waals surface area contributed by atoms with Gasteiger partial charge in [-0.15, -0.1) is 0 Å². The van der Waals surface area contributed by atoms with Crippen molar-refractivity contribution in [3.05, 3.63) is 63.3 Å². The normalized spacial score (nSPS) is 25.0. The molecule has 1 aromatic heterocycles. The Morgan fingerprint density at radius 1 is 1.20 bits per heavy atom. The number of piperidine rings is 1. The van der Waals surface area contributed by atoms with Gasteiger partial charge in [-0.3, -0.25) is 9.59 Å².